The second kappa shape index (κ2) is 6.19. The normalized spacial score (nSPS) is 10.1. The zero-order valence-corrected chi connectivity index (χ0v) is 11.3. The summed E-state index contributed by atoms with van der Waals surface area (Å²) in [6, 6.07) is 9.86. The third-order valence-corrected chi connectivity index (χ3v) is 2.96. The summed E-state index contributed by atoms with van der Waals surface area (Å²) < 4.78 is 5.34. The van der Waals surface area contributed by atoms with Crippen molar-refractivity contribution in [3.8, 4) is 11.5 Å². The summed E-state index contributed by atoms with van der Waals surface area (Å²) in [4.78, 5) is 20.7. The molecule has 0 unspecified atom stereocenters. The Labute approximate surface area is 124 Å². The molecule has 0 amide bonds. The van der Waals surface area contributed by atoms with Gasteiger partial charge in [-0.15, -0.1) is 11.6 Å². The van der Waals surface area contributed by atoms with E-state index in [1.165, 1.54) is 30.3 Å². The minimum absolute atomic E-state index is 0.0655. The number of nitro benzene ring substituents is 2. The molecule has 2 aromatic carbocycles. The van der Waals surface area contributed by atoms with Crippen molar-refractivity contribution in [1.29, 1.82) is 0 Å². The first-order valence-electron chi connectivity index (χ1n) is 5.77. The van der Waals surface area contributed by atoms with Gasteiger partial charge in [-0.2, -0.15) is 0 Å². The number of rotatable bonds is 5. The molecule has 0 atom stereocenters. The monoisotopic (exact) mass is 308 g/mol. The van der Waals surface area contributed by atoms with Gasteiger partial charge >= 0.3 is 11.4 Å². The van der Waals surface area contributed by atoms with E-state index in [1.807, 2.05) is 0 Å². The highest BCUT2D eigenvalue weighted by atomic mass is 35.5. The Bertz CT molecular complexity index is 705. The first-order valence-corrected chi connectivity index (χ1v) is 6.31. The third-order valence-electron chi connectivity index (χ3n) is 2.66. The fourth-order valence-electron chi connectivity index (χ4n) is 1.69. The Kier molecular flexibility index (Phi) is 4.34. The van der Waals surface area contributed by atoms with Crippen molar-refractivity contribution >= 4 is 23.0 Å². The van der Waals surface area contributed by atoms with Gasteiger partial charge < -0.3 is 4.74 Å². The second-order valence-corrected chi connectivity index (χ2v) is 4.29. The van der Waals surface area contributed by atoms with E-state index in [4.69, 9.17) is 16.3 Å². The van der Waals surface area contributed by atoms with Crippen LogP contribution in [0.1, 0.15) is 5.56 Å². The number of halogens is 1. The number of nitro groups is 2. The van der Waals surface area contributed by atoms with Gasteiger partial charge in [-0.1, -0.05) is 18.2 Å². The van der Waals surface area contributed by atoms with Gasteiger partial charge in [0.05, 0.1) is 9.85 Å². The van der Waals surface area contributed by atoms with Crippen molar-refractivity contribution in [2.45, 2.75) is 5.88 Å². The van der Waals surface area contributed by atoms with Crippen LogP contribution in [0.4, 0.5) is 11.4 Å². The van der Waals surface area contributed by atoms with Crippen LogP contribution in [0.3, 0.4) is 0 Å². The molecule has 108 valence electrons. The summed E-state index contributed by atoms with van der Waals surface area (Å²) in [5, 5.41) is 22.0. The van der Waals surface area contributed by atoms with E-state index in [9.17, 15) is 20.2 Å². The lowest BCUT2D eigenvalue weighted by Crippen LogP contribution is -1.97. The number of ether oxygens (including phenoxy) is 1. The molecule has 0 heterocycles. The highest BCUT2D eigenvalue weighted by Gasteiger charge is 2.20. The summed E-state index contributed by atoms with van der Waals surface area (Å²) >= 11 is 5.63. The van der Waals surface area contributed by atoms with Gasteiger partial charge in [0.25, 0.3) is 0 Å². The van der Waals surface area contributed by atoms with Gasteiger partial charge in [-0.05, 0) is 17.7 Å². The van der Waals surface area contributed by atoms with Gasteiger partial charge in [-0.3, -0.25) is 20.2 Å². The molecule has 0 N–H and O–H groups in total. The average Bonchev–Trinajstić information content (AvgIpc) is 2.47. The average molecular weight is 309 g/mol. The Morgan fingerprint density at radius 3 is 2.19 bits per heavy atom. The van der Waals surface area contributed by atoms with Crippen molar-refractivity contribution in [1.82, 2.24) is 0 Å². The largest absolute Gasteiger partial charge is 0.443 e. The van der Waals surface area contributed by atoms with E-state index < -0.39 is 9.85 Å². The number of hydrogen-bond donors (Lipinski definition) is 0. The Morgan fingerprint density at radius 2 is 1.57 bits per heavy atom. The number of benzene rings is 2. The maximum absolute atomic E-state index is 11.0. The summed E-state index contributed by atoms with van der Waals surface area (Å²) in [6.45, 7) is 0. The van der Waals surface area contributed by atoms with Crippen molar-refractivity contribution < 1.29 is 14.6 Å². The highest BCUT2D eigenvalue weighted by molar-refractivity contribution is 6.17. The predicted molar refractivity (Wildman–Crippen MR) is 75.8 cm³/mol. The summed E-state index contributed by atoms with van der Waals surface area (Å²) in [5.41, 5.74) is -0.0159. The SMILES string of the molecule is O=[N+]([O-])c1ccccc1Oc1ccc(CCl)cc1[N+](=O)[O-]. The molecule has 0 fully saturated rings. The Morgan fingerprint density at radius 1 is 0.952 bits per heavy atom. The molecule has 0 aromatic heterocycles. The number of alkyl halides is 1. The van der Waals surface area contributed by atoms with Gasteiger partial charge in [0, 0.05) is 18.0 Å². The molecule has 7 nitrogen and oxygen atoms in total. The molecule has 0 bridgehead atoms. The van der Waals surface area contributed by atoms with Crippen LogP contribution in [0, 0.1) is 20.2 Å². The molecule has 2 aromatic rings. The van der Waals surface area contributed by atoms with E-state index in [0.29, 0.717) is 5.56 Å². The van der Waals surface area contributed by atoms with E-state index >= 15 is 0 Å². The van der Waals surface area contributed by atoms with Gasteiger partial charge in [0.1, 0.15) is 0 Å². The van der Waals surface area contributed by atoms with Crippen LogP contribution >= 0.6 is 11.6 Å². The van der Waals surface area contributed by atoms with Crippen LogP contribution in [-0.4, -0.2) is 9.85 Å². The molecule has 0 radical (unpaired) electrons. The van der Waals surface area contributed by atoms with Crippen molar-refractivity contribution in [3.05, 3.63) is 68.3 Å². The van der Waals surface area contributed by atoms with Gasteiger partial charge in [-0.25, -0.2) is 0 Å². The summed E-state index contributed by atoms with van der Waals surface area (Å²) in [7, 11) is 0. The minimum Gasteiger partial charge on any atom is -0.443 e. The van der Waals surface area contributed by atoms with Crippen LogP contribution < -0.4 is 4.74 Å². The molecular weight excluding hydrogens is 300 g/mol. The second-order valence-electron chi connectivity index (χ2n) is 4.02. The smallest absolute Gasteiger partial charge is 0.311 e. The topological polar surface area (TPSA) is 95.5 Å². The maximum Gasteiger partial charge on any atom is 0.311 e. The van der Waals surface area contributed by atoms with Crippen LogP contribution in [0.25, 0.3) is 0 Å². The zero-order valence-electron chi connectivity index (χ0n) is 10.6. The lowest BCUT2D eigenvalue weighted by atomic mass is 10.2. The van der Waals surface area contributed by atoms with Crippen molar-refractivity contribution in [2.24, 2.45) is 0 Å². The Balaban J connectivity index is 2.45. The van der Waals surface area contributed by atoms with Crippen LogP contribution in [0.15, 0.2) is 42.5 Å². The van der Waals surface area contributed by atoms with E-state index in [1.54, 1.807) is 12.1 Å². The molecule has 21 heavy (non-hydrogen) atoms. The van der Waals surface area contributed by atoms with E-state index in [0.717, 1.165) is 0 Å². The molecule has 0 aliphatic carbocycles. The Hall–Kier alpha value is -2.67. The quantitative estimate of drug-likeness (QED) is 0.472. The molecule has 8 heteroatoms. The number of nitrogens with zero attached hydrogens (tertiary/aromatic N) is 2. The standard InChI is InChI=1S/C13H9ClN2O5/c14-8-9-5-6-13(11(7-9)16(19)20)21-12-4-2-1-3-10(12)15(17)18/h1-7H,8H2. The van der Waals surface area contributed by atoms with E-state index in [-0.39, 0.29) is 28.8 Å². The van der Waals surface area contributed by atoms with Gasteiger partial charge in [0.2, 0.25) is 11.5 Å². The summed E-state index contributed by atoms with van der Waals surface area (Å²) in [6.07, 6.45) is 0. The lowest BCUT2D eigenvalue weighted by molar-refractivity contribution is -0.387. The van der Waals surface area contributed by atoms with Crippen molar-refractivity contribution in [2.75, 3.05) is 0 Å². The van der Waals surface area contributed by atoms with Crippen molar-refractivity contribution in [3.63, 3.8) is 0 Å². The van der Waals surface area contributed by atoms with Crippen LogP contribution in [-0.2, 0) is 5.88 Å². The fourth-order valence-corrected chi connectivity index (χ4v) is 1.85. The molecule has 2 rings (SSSR count). The fraction of sp³-hybridized carbons (Fsp3) is 0.0769. The number of para-hydroxylation sites is 2. The van der Waals surface area contributed by atoms with Crippen LogP contribution in [0.2, 0.25) is 0 Å². The minimum atomic E-state index is -0.625. The highest BCUT2D eigenvalue weighted by Crippen LogP contribution is 2.36. The third kappa shape index (κ3) is 3.26. The first-order chi connectivity index (χ1) is 10.0. The molecular formula is C13H9ClN2O5. The summed E-state index contributed by atoms with van der Waals surface area (Å²) in [5.74, 6) is -0.0283. The van der Waals surface area contributed by atoms with Crippen LogP contribution in [0.5, 0.6) is 11.5 Å². The number of hydrogen-bond acceptors (Lipinski definition) is 5. The van der Waals surface area contributed by atoms with Gasteiger partial charge in [0.15, 0.2) is 0 Å². The van der Waals surface area contributed by atoms with E-state index in [2.05, 4.69) is 0 Å². The molecule has 0 aliphatic heterocycles. The maximum atomic E-state index is 11.0. The zero-order chi connectivity index (χ0) is 15.4. The molecule has 0 saturated heterocycles. The molecule has 0 saturated carbocycles. The first kappa shape index (κ1) is 14.7. The molecule has 0 spiro atoms. The molecule has 0 aliphatic rings. The predicted octanol–water partition coefficient (Wildman–Crippen LogP) is 4.03. The lowest BCUT2D eigenvalue weighted by Gasteiger charge is -2.07.